The first kappa shape index (κ1) is 16.5. The molecule has 0 bridgehead atoms. The van der Waals surface area contributed by atoms with E-state index in [1.54, 1.807) is 0 Å². The standard InChI is InChI=1S/C18H30N2O/c1-3-19-14-18(2,17-7-5-4-6-8-17)15-20-11-9-16(13-21)10-12-20/h4-8,16,19,21H,3,9-15H2,1-2H3. The highest BCUT2D eigenvalue weighted by Gasteiger charge is 2.30. The Kier molecular flexibility index (Phi) is 6.22. The summed E-state index contributed by atoms with van der Waals surface area (Å²) in [7, 11) is 0. The van der Waals surface area contributed by atoms with E-state index in [2.05, 4.69) is 54.4 Å². The lowest BCUT2D eigenvalue weighted by Crippen LogP contribution is -2.48. The average molecular weight is 290 g/mol. The van der Waals surface area contributed by atoms with Gasteiger partial charge in [0, 0.05) is 25.1 Å². The molecule has 1 unspecified atom stereocenters. The Morgan fingerprint density at radius 1 is 1.24 bits per heavy atom. The summed E-state index contributed by atoms with van der Waals surface area (Å²) >= 11 is 0. The number of aliphatic hydroxyl groups is 1. The molecule has 0 amide bonds. The lowest BCUT2D eigenvalue weighted by atomic mass is 9.81. The van der Waals surface area contributed by atoms with Gasteiger partial charge in [0.25, 0.3) is 0 Å². The number of likely N-dealkylation sites (tertiary alicyclic amines) is 1. The van der Waals surface area contributed by atoms with Crippen molar-refractivity contribution in [1.29, 1.82) is 0 Å². The Morgan fingerprint density at radius 3 is 2.48 bits per heavy atom. The maximum absolute atomic E-state index is 9.28. The molecule has 3 heteroatoms. The van der Waals surface area contributed by atoms with Crippen molar-refractivity contribution in [2.45, 2.75) is 32.1 Å². The number of likely N-dealkylation sites (N-methyl/N-ethyl adjacent to an activating group) is 1. The van der Waals surface area contributed by atoms with Crippen LogP contribution in [0.15, 0.2) is 30.3 Å². The Balaban J connectivity index is 2.03. The number of rotatable bonds is 7. The molecular formula is C18H30N2O. The fraction of sp³-hybridized carbons (Fsp3) is 0.667. The highest BCUT2D eigenvalue weighted by Crippen LogP contribution is 2.27. The van der Waals surface area contributed by atoms with Crippen LogP contribution < -0.4 is 5.32 Å². The Labute approximate surface area is 129 Å². The molecule has 1 aromatic rings. The maximum Gasteiger partial charge on any atom is 0.0460 e. The number of aliphatic hydroxyl groups excluding tert-OH is 1. The van der Waals surface area contributed by atoms with Crippen molar-refractivity contribution in [3.63, 3.8) is 0 Å². The van der Waals surface area contributed by atoms with E-state index in [1.807, 2.05) is 0 Å². The SMILES string of the molecule is CCNCC(C)(CN1CCC(CO)CC1)c1ccccc1. The minimum Gasteiger partial charge on any atom is -0.396 e. The zero-order valence-corrected chi connectivity index (χ0v) is 13.5. The van der Waals surface area contributed by atoms with Gasteiger partial charge in [-0.1, -0.05) is 44.2 Å². The van der Waals surface area contributed by atoms with Gasteiger partial charge in [-0.25, -0.2) is 0 Å². The quantitative estimate of drug-likeness (QED) is 0.808. The van der Waals surface area contributed by atoms with Crippen LogP contribution in [0.25, 0.3) is 0 Å². The van der Waals surface area contributed by atoms with Crippen LogP contribution in [0, 0.1) is 5.92 Å². The summed E-state index contributed by atoms with van der Waals surface area (Å²) in [6, 6.07) is 10.9. The van der Waals surface area contributed by atoms with Crippen molar-refractivity contribution >= 4 is 0 Å². The molecule has 1 heterocycles. The zero-order chi connectivity index (χ0) is 15.1. The molecule has 1 aromatic carbocycles. The molecular weight excluding hydrogens is 260 g/mol. The lowest BCUT2D eigenvalue weighted by Gasteiger charge is -2.39. The molecule has 0 radical (unpaired) electrons. The molecule has 0 aliphatic carbocycles. The number of hydrogen-bond donors (Lipinski definition) is 2. The third-order valence-corrected chi connectivity index (χ3v) is 4.77. The van der Waals surface area contributed by atoms with Gasteiger partial charge >= 0.3 is 0 Å². The van der Waals surface area contributed by atoms with E-state index in [0.29, 0.717) is 12.5 Å². The number of nitrogens with zero attached hydrogens (tertiary/aromatic N) is 1. The van der Waals surface area contributed by atoms with Crippen LogP contribution in [0.1, 0.15) is 32.3 Å². The van der Waals surface area contributed by atoms with Gasteiger partial charge in [0.1, 0.15) is 0 Å². The topological polar surface area (TPSA) is 35.5 Å². The minimum atomic E-state index is 0.142. The second-order valence-corrected chi connectivity index (χ2v) is 6.61. The van der Waals surface area contributed by atoms with E-state index < -0.39 is 0 Å². The maximum atomic E-state index is 9.28. The first-order valence-electron chi connectivity index (χ1n) is 8.27. The molecule has 1 saturated heterocycles. The predicted octanol–water partition coefficient (Wildman–Crippen LogP) is 2.26. The number of hydrogen-bond acceptors (Lipinski definition) is 3. The third kappa shape index (κ3) is 4.53. The van der Waals surface area contributed by atoms with Crippen LogP contribution in [-0.2, 0) is 5.41 Å². The molecule has 1 atom stereocenters. The van der Waals surface area contributed by atoms with E-state index >= 15 is 0 Å². The van der Waals surface area contributed by atoms with E-state index in [9.17, 15) is 5.11 Å². The molecule has 1 aliphatic heterocycles. The van der Waals surface area contributed by atoms with Gasteiger partial charge in [-0.05, 0) is 44.0 Å². The van der Waals surface area contributed by atoms with Crippen molar-refractivity contribution in [3.8, 4) is 0 Å². The van der Waals surface area contributed by atoms with E-state index in [-0.39, 0.29) is 5.41 Å². The van der Waals surface area contributed by atoms with E-state index in [0.717, 1.165) is 45.6 Å². The number of piperidine rings is 1. The van der Waals surface area contributed by atoms with Gasteiger partial charge in [-0.15, -0.1) is 0 Å². The van der Waals surface area contributed by atoms with Crippen LogP contribution in [-0.4, -0.2) is 49.3 Å². The molecule has 2 N–H and O–H groups in total. The van der Waals surface area contributed by atoms with E-state index in [4.69, 9.17) is 0 Å². The predicted molar refractivity (Wildman–Crippen MR) is 88.6 cm³/mol. The number of nitrogens with one attached hydrogen (secondary N) is 1. The van der Waals surface area contributed by atoms with Crippen molar-refractivity contribution in [2.75, 3.05) is 39.3 Å². The molecule has 1 fully saturated rings. The summed E-state index contributed by atoms with van der Waals surface area (Å²) in [4.78, 5) is 2.57. The third-order valence-electron chi connectivity index (χ3n) is 4.77. The molecule has 3 nitrogen and oxygen atoms in total. The van der Waals surface area contributed by atoms with Crippen molar-refractivity contribution in [1.82, 2.24) is 10.2 Å². The highest BCUT2D eigenvalue weighted by molar-refractivity contribution is 5.25. The average Bonchev–Trinajstić information content (AvgIpc) is 2.54. The zero-order valence-electron chi connectivity index (χ0n) is 13.5. The van der Waals surface area contributed by atoms with Gasteiger partial charge in [0.15, 0.2) is 0 Å². The normalized spacial score (nSPS) is 20.3. The van der Waals surface area contributed by atoms with Crippen LogP contribution in [0.3, 0.4) is 0 Å². The molecule has 0 aromatic heterocycles. The van der Waals surface area contributed by atoms with Gasteiger partial charge in [0.05, 0.1) is 0 Å². The summed E-state index contributed by atoms with van der Waals surface area (Å²) in [6.07, 6.45) is 2.26. The van der Waals surface area contributed by atoms with Crippen LogP contribution in [0.5, 0.6) is 0 Å². The van der Waals surface area contributed by atoms with Gasteiger partial charge in [-0.2, -0.15) is 0 Å². The number of benzene rings is 1. The Bertz CT molecular complexity index is 401. The molecule has 2 rings (SSSR count). The van der Waals surface area contributed by atoms with Crippen molar-refractivity contribution < 1.29 is 5.11 Å². The monoisotopic (exact) mass is 290 g/mol. The highest BCUT2D eigenvalue weighted by atomic mass is 16.3. The fourth-order valence-electron chi connectivity index (χ4n) is 3.31. The van der Waals surface area contributed by atoms with Crippen molar-refractivity contribution in [3.05, 3.63) is 35.9 Å². The molecule has 0 spiro atoms. The fourth-order valence-corrected chi connectivity index (χ4v) is 3.31. The summed E-state index contributed by atoms with van der Waals surface area (Å²) in [5.74, 6) is 0.512. The van der Waals surface area contributed by atoms with Gasteiger partial charge in [-0.3, -0.25) is 0 Å². The first-order chi connectivity index (χ1) is 10.2. The summed E-state index contributed by atoms with van der Waals surface area (Å²) in [5.41, 5.74) is 1.55. The Hall–Kier alpha value is -0.900. The molecule has 118 valence electrons. The summed E-state index contributed by atoms with van der Waals surface area (Å²) < 4.78 is 0. The van der Waals surface area contributed by atoms with Gasteiger partial charge in [0.2, 0.25) is 0 Å². The Morgan fingerprint density at radius 2 is 1.90 bits per heavy atom. The largest absolute Gasteiger partial charge is 0.396 e. The first-order valence-corrected chi connectivity index (χ1v) is 8.27. The molecule has 1 aliphatic rings. The minimum absolute atomic E-state index is 0.142. The van der Waals surface area contributed by atoms with Crippen LogP contribution >= 0.6 is 0 Å². The molecule has 0 saturated carbocycles. The summed E-state index contributed by atoms with van der Waals surface area (Å²) in [6.45, 7) is 10.2. The van der Waals surface area contributed by atoms with Crippen LogP contribution in [0.4, 0.5) is 0 Å². The lowest BCUT2D eigenvalue weighted by molar-refractivity contribution is 0.114. The second kappa shape index (κ2) is 7.92. The second-order valence-electron chi connectivity index (χ2n) is 6.61. The van der Waals surface area contributed by atoms with Crippen LogP contribution in [0.2, 0.25) is 0 Å². The van der Waals surface area contributed by atoms with Gasteiger partial charge < -0.3 is 15.3 Å². The van der Waals surface area contributed by atoms with Crippen molar-refractivity contribution in [2.24, 2.45) is 5.92 Å². The smallest absolute Gasteiger partial charge is 0.0460 e. The molecule has 21 heavy (non-hydrogen) atoms. The summed E-state index contributed by atoms with van der Waals surface area (Å²) in [5, 5.41) is 12.8. The van der Waals surface area contributed by atoms with E-state index in [1.165, 1.54) is 5.56 Å².